The van der Waals surface area contributed by atoms with Crippen molar-refractivity contribution in [2.45, 2.75) is 0 Å². The van der Waals surface area contributed by atoms with Crippen LogP contribution in [0, 0.1) is 0 Å². The van der Waals surface area contributed by atoms with Crippen LogP contribution in [0.5, 0.6) is 0 Å². The highest BCUT2D eigenvalue weighted by Crippen LogP contribution is 2.45. The maximum atomic E-state index is 7.37. The molecule has 0 radical (unpaired) electrons. The van der Waals surface area contributed by atoms with Gasteiger partial charge in [0.15, 0.2) is 0 Å². The number of hydrogen-bond acceptors (Lipinski definition) is 1. The van der Waals surface area contributed by atoms with Gasteiger partial charge in [0.1, 0.15) is 0 Å². The van der Waals surface area contributed by atoms with Gasteiger partial charge in [-0.3, -0.25) is 0 Å². The molecule has 0 aliphatic heterocycles. The minimum absolute atomic E-state index is 0.716. The lowest BCUT2D eigenvalue weighted by molar-refractivity contribution is 1.17. The molecule has 4 heteroatoms. The van der Waals surface area contributed by atoms with Gasteiger partial charge in [0.05, 0.1) is 27.1 Å². The summed E-state index contributed by atoms with van der Waals surface area (Å²) in [6, 6.07) is 64.8. The van der Waals surface area contributed by atoms with Crippen molar-refractivity contribution in [1.82, 2.24) is 9.13 Å². The molecule has 236 valence electrons. The molecule has 2 heterocycles. The van der Waals surface area contributed by atoms with Crippen molar-refractivity contribution in [3.63, 3.8) is 0 Å². The maximum Gasteiger partial charge on any atom is 0.0576 e. The van der Waals surface area contributed by atoms with E-state index in [-0.39, 0.29) is 0 Å². The second-order valence-electron chi connectivity index (χ2n) is 12.8. The summed E-state index contributed by atoms with van der Waals surface area (Å²) in [6.07, 6.45) is 0. The fourth-order valence-corrected chi connectivity index (χ4v) is 8.04. The van der Waals surface area contributed by atoms with E-state index in [0.29, 0.717) is 5.02 Å². The number of para-hydroxylation sites is 4. The van der Waals surface area contributed by atoms with Crippen LogP contribution >= 0.6 is 11.6 Å². The molecule has 3 nitrogen and oxygen atoms in total. The van der Waals surface area contributed by atoms with E-state index in [4.69, 9.17) is 11.6 Å². The summed E-state index contributed by atoms with van der Waals surface area (Å²) in [4.78, 5) is 2.34. The highest BCUT2D eigenvalue weighted by molar-refractivity contribution is 6.38. The van der Waals surface area contributed by atoms with Crippen LogP contribution < -0.4 is 4.90 Å². The summed E-state index contributed by atoms with van der Waals surface area (Å²) >= 11 is 7.37. The van der Waals surface area contributed by atoms with Crippen LogP contribution in [0.3, 0.4) is 0 Å². The van der Waals surface area contributed by atoms with Crippen molar-refractivity contribution >= 4 is 83.0 Å². The topological polar surface area (TPSA) is 13.1 Å². The zero-order valence-electron chi connectivity index (χ0n) is 27.0. The van der Waals surface area contributed by atoms with E-state index < -0.39 is 0 Å². The lowest BCUT2D eigenvalue weighted by Gasteiger charge is -2.27. The van der Waals surface area contributed by atoms with Gasteiger partial charge in [-0.25, -0.2) is 0 Å². The molecular formula is C46H30ClN3. The molecule has 0 bridgehead atoms. The first-order valence-electron chi connectivity index (χ1n) is 16.9. The molecule has 0 aliphatic carbocycles. The molecular weight excluding hydrogens is 630 g/mol. The van der Waals surface area contributed by atoms with Gasteiger partial charge in [0.2, 0.25) is 0 Å². The van der Waals surface area contributed by atoms with Crippen LogP contribution in [0.2, 0.25) is 5.02 Å². The number of nitrogens with zero attached hydrogens (tertiary/aromatic N) is 3. The smallest absolute Gasteiger partial charge is 0.0576 e. The predicted molar refractivity (Wildman–Crippen MR) is 212 cm³/mol. The van der Waals surface area contributed by atoms with Crippen molar-refractivity contribution in [1.29, 1.82) is 0 Å². The van der Waals surface area contributed by atoms with E-state index in [1.54, 1.807) is 0 Å². The first kappa shape index (κ1) is 28.7. The van der Waals surface area contributed by atoms with Crippen LogP contribution in [0.25, 0.3) is 65.8 Å². The van der Waals surface area contributed by atoms with E-state index in [0.717, 1.165) is 55.8 Å². The number of halogens is 1. The second-order valence-corrected chi connectivity index (χ2v) is 13.2. The molecule has 8 aromatic carbocycles. The zero-order chi connectivity index (χ0) is 33.2. The molecule has 50 heavy (non-hydrogen) atoms. The minimum atomic E-state index is 0.716. The Hall–Kier alpha value is -6.29. The molecule has 0 atom stereocenters. The van der Waals surface area contributed by atoms with Gasteiger partial charge in [-0.1, -0.05) is 121 Å². The fourth-order valence-electron chi connectivity index (χ4n) is 7.73. The van der Waals surface area contributed by atoms with Gasteiger partial charge in [0, 0.05) is 50.0 Å². The fraction of sp³-hybridized carbons (Fsp3) is 0. The molecule has 0 unspecified atom stereocenters. The monoisotopic (exact) mass is 659 g/mol. The molecule has 10 rings (SSSR count). The normalized spacial score (nSPS) is 11.7. The van der Waals surface area contributed by atoms with Crippen molar-refractivity contribution in [3.05, 3.63) is 187 Å². The number of benzene rings is 8. The summed E-state index contributed by atoms with van der Waals surface area (Å²) in [5, 5.41) is 7.72. The summed E-state index contributed by atoms with van der Waals surface area (Å²) in [5.74, 6) is 0. The Kier molecular flexibility index (Phi) is 6.55. The summed E-state index contributed by atoms with van der Waals surface area (Å²) < 4.78 is 4.70. The Labute approximate surface area is 294 Å². The molecule has 0 aliphatic rings. The molecule has 0 saturated carbocycles. The van der Waals surface area contributed by atoms with Crippen molar-refractivity contribution in [2.75, 3.05) is 4.90 Å². The van der Waals surface area contributed by atoms with Crippen LogP contribution in [0.4, 0.5) is 17.1 Å². The van der Waals surface area contributed by atoms with E-state index in [1.165, 1.54) is 27.1 Å². The Bertz CT molecular complexity index is 2890. The predicted octanol–water partition coefficient (Wildman–Crippen LogP) is 13.2. The van der Waals surface area contributed by atoms with Crippen LogP contribution in [0.15, 0.2) is 182 Å². The quantitative estimate of drug-likeness (QED) is 0.179. The highest BCUT2D eigenvalue weighted by Gasteiger charge is 2.22. The lowest BCUT2D eigenvalue weighted by Crippen LogP contribution is -2.10. The molecule has 0 saturated heterocycles. The van der Waals surface area contributed by atoms with Gasteiger partial charge in [0.25, 0.3) is 0 Å². The summed E-state index contributed by atoms with van der Waals surface area (Å²) in [5.41, 5.74) is 9.83. The third-order valence-corrected chi connectivity index (χ3v) is 10.2. The third-order valence-electron chi connectivity index (χ3n) is 9.90. The standard InChI is InChI=1S/C46H30ClN3/c47-41-28-37(30-45-46(41)40-20-10-12-22-43(40)50(45)34-17-5-2-6-18-34)48(35-24-23-31-13-7-8-14-32(31)27-35)36-25-26-39-38-19-9-11-21-42(38)49(44(39)29-36)33-15-3-1-4-16-33/h1-30H. The van der Waals surface area contributed by atoms with E-state index >= 15 is 0 Å². The molecule has 0 fully saturated rings. The second kappa shape index (κ2) is 11.4. The molecule has 2 aromatic heterocycles. The third kappa shape index (κ3) is 4.44. The van der Waals surface area contributed by atoms with Crippen molar-refractivity contribution in [3.8, 4) is 11.4 Å². The van der Waals surface area contributed by atoms with Crippen molar-refractivity contribution < 1.29 is 0 Å². The number of aromatic nitrogens is 2. The molecule has 0 spiro atoms. The Morgan fingerprint density at radius 2 is 0.880 bits per heavy atom. The largest absolute Gasteiger partial charge is 0.310 e. The van der Waals surface area contributed by atoms with Gasteiger partial charge < -0.3 is 14.0 Å². The van der Waals surface area contributed by atoms with E-state index in [2.05, 4.69) is 196 Å². The number of hydrogen-bond donors (Lipinski definition) is 0. The average molecular weight is 660 g/mol. The Balaban J connectivity index is 1.28. The Morgan fingerprint density at radius 3 is 1.62 bits per heavy atom. The SMILES string of the molecule is Clc1cc(N(c2ccc3ccccc3c2)c2ccc3c4ccccc4n(-c4ccccc4)c3c2)cc2c1c1ccccc1n2-c1ccccc1. The van der Waals surface area contributed by atoms with Gasteiger partial charge in [-0.2, -0.15) is 0 Å². The summed E-state index contributed by atoms with van der Waals surface area (Å²) in [7, 11) is 0. The highest BCUT2D eigenvalue weighted by atomic mass is 35.5. The first-order valence-corrected chi connectivity index (χ1v) is 17.3. The number of anilines is 3. The van der Waals surface area contributed by atoms with Gasteiger partial charge >= 0.3 is 0 Å². The first-order chi connectivity index (χ1) is 24.7. The minimum Gasteiger partial charge on any atom is -0.310 e. The van der Waals surface area contributed by atoms with E-state index in [1.807, 2.05) is 0 Å². The van der Waals surface area contributed by atoms with Crippen LogP contribution in [-0.2, 0) is 0 Å². The maximum absolute atomic E-state index is 7.37. The number of fused-ring (bicyclic) bond motifs is 7. The molecule has 10 aromatic rings. The van der Waals surface area contributed by atoms with Gasteiger partial charge in [-0.05, 0) is 83.6 Å². The summed E-state index contributed by atoms with van der Waals surface area (Å²) in [6.45, 7) is 0. The zero-order valence-corrected chi connectivity index (χ0v) is 27.8. The Morgan fingerprint density at radius 1 is 0.360 bits per heavy atom. The van der Waals surface area contributed by atoms with Gasteiger partial charge in [-0.15, -0.1) is 0 Å². The number of rotatable bonds is 5. The molecule has 0 amide bonds. The molecule has 0 N–H and O–H groups in total. The van der Waals surface area contributed by atoms with Crippen LogP contribution in [-0.4, -0.2) is 9.13 Å². The van der Waals surface area contributed by atoms with Crippen LogP contribution in [0.1, 0.15) is 0 Å². The average Bonchev–Trinajstić information content (AvgIpc) is 3.68. The lowest BCUT2D eigenvalue weighted by atomic mass is 10.1. The van der Waals surface area contributed by atoms with Crippen molar-refractivity contribution in [2.24, 2.45) is 0 Å². The van der Waals surface area contributed by atoms with E-state index in [9.17, 15) is 0 Å².